The minimum atomic E-state index is 0.521. The molecular weight excluding hydrogens is 238 g/mol. The van der Waals surface area contributed by atoms with Crippen molar-refractivity contribution in [3.8, 4) is 0 Å². The topological polar surface area (TPSA) is 12.0 Å². The highest BCUT2D eigenvalue weighted by atomic mass is 32.1. The molecule has 1 aromatic rings. The maximum absolute atomic E-state index is 3.85. The lowest BCUT2D eigenvalue weighted by Crippen LogP contribution is -2.45. The summed E-state index contributed by atoms with van der Waals surface area (Å²) in [5, 5.41) is 6.03. The van der Waals surface area contributed by atoms with Crippen LogP contribution in [0.5, 0.6) is 0 Å². The molecule has 0 aliphatic heterocycles. The zero-order chi connectivity index (χ0) is 12.8. The Labute approximate surface area is 115 Å². The van der Waals surface area contributed by atoms with Crippen molar-refractivity contribution >= 4 is 11.3 Å². The van der Waals surface area contributed by atoms with Gasteiger partial charge in [0.05, 0.1) is 0 Å². The van der Waals surface area contributed by atoms with Gasteiger partial charge >= 0.3 is 0 Å². The Balaban J connectivity index is 1.59. The second-order valence-corrected chi connectivity index (χ2v) is 7.98. The van der Waals surface area contributed by atoms with E-state index in [9.17, 15) is 0 Å². The third-order valence-electron chi connectivity index (χ3n) is 6.14. The van der Waals surface area contributed by atoms with Crippen molar-refractivity contribution in [2.45, 2.75) is 52.5 Å². The van der Waals surface area contributed by atoms with Crippen molar-refractivity contribution in [1.82, 2.24) is 5.32 Å². The van der Waals surface area contributed by atoms with Crippen molar-refractivity contribution in [3.63, 3.8) is 0 Å². The van der Waals surface area contributed by atoms with E-state index in [1.807, 2.05) is 11.3 Å². The Kier molecular flexibility index (Phi) is 3.06. The van der Waals surface area contributed by atoms with Gasteiger partial charge < -0.3 is 5.32 Å². The Morgan fingerprint density at radius 2 is 2.22 bits per heavy atom. The van der Waals surface area contributed by atoms with Crippen LogP contribution in [0, 0.1) is 16.7 Å². The summed E-state index contributed by atoms with van der Waals surface area (Å²) in [6.07, 6.45) is 5.46. The smallest absolute Gasteiger partial charge is 0.0129 e. The quantitative estimate of drug-likeness (QED) is 0.862. The summed E-state index contributed by atoms with van der Waals surface area (Å²) >= 11 is 1.88. The molecule has 1 heterocycles. The van der Waals surface area contributed by atoms with Gasteiger partial charge in [-0.1, -0.05) is 26.8 Å². The monoisotopic (exact) mass is 263 g/mol. The first-order valence-electron chi connectivity index (χ1n) is 7.30. The molecule has 2 saturated carbocycles. The first-order chi connectivity index (χ1) is 8.54. The number of thiophene rings is 1. The molecule has 18 heavy (non-hydrogen) atoms. The minimum absolute atomic E-state index is 0.521. The molecule has 2 aliphatic rings. The van der Waals surface area contributed by atoms with Crippen molar-refractivity contribution in [3.05, 3.63) is 22.4 Å². The fourth-order valence-electron chi connectivity index (χ4n) is 4.34. The number of hydrogen-bond donors (Lipinski definition) is 1. The number of rotatable bonds is 4. The molecule has 2 fully saturated rings. The van der Waals surface area contributed by atoms with Crippen LogP contribution < -0.4 is 5.32 Å². The maximum atomic E-state index is 3.85. The lowest BCUT2D eigenvalue weighted by atomic mass is 9.69. The van der Waals surface area contributed by atoms with Gasteiger partial charge in [-0.15, -0.1) is 11.3 Å². The van der Waals surface area contributed by atoms with Crippen LogP contribution in [0.4, 0.5) is 0 Å². The molecule has 0 spiro atoms. The van der Waals surface area contributed by atoms with Crippen LogP contribution in [0.1, 0.15) is 44.9 Å². The minimum Gasteiger partial charge on any atom is -0.313 e. The van der Waals surface area contributed by atoms with E-state index in [0.717, 1.165) is 18.5 Å². The Bertz CT molecular complexity index is 409. The average Bonchev–Trinajstić information content (AvgIpc) is 2.95. The van der Waals surface area contributed by atoms with E-state index < -0.39 is 0 Å². The molecule has 0 aromatic carbocycles. The number of fused-ring (bicyclic) bond motifs is 2. The largest absolute Gasteiger partial charge is 0.313 e. The molecule has 1 nitrogen and oxygen atoms in total. The van der Waals surface area contributed by atoms with Gasteiger partial charge in [0.2, 0.25) is 0 Å². The molecule has 0 amide bonds. The molecule has 0 radical (unpaired) electrons. The summed E-state index contributed by atoms with van der Waals surface area (Å²) in [5.74, 6) is 0.946. The highest BCUT2D eigenvalue weighted by molar-refractivity contribution is 7.09. The van der Waals surface area contributed by atoms with E-state index in [2.05, 4.69) is 43.6 Å². The molecule has 1 aromatic heterocycles. The molecule has 3 atom stereocenters. The molecule has 0 saturated heterocycles. The summed E-state index contributed by atoms with van der Waals surface area (Å²) in [7, 11) is 0. The van der Waals surface area contributed by atoms with E-state index in [4.69, 9.17) is 0 Å². The lowest BCUT2D eigenvalue weighted by Gasteiger charge is -2.39. The average molecular weight is 263 g/mol. The highest BCUT2D eigenvalue weighted by Crippen LogP contribution is 2.65. The van der Waals surface area contributed by atoms with Crippen LogP contribution in [-0.4, -0.2) is 12.6 Å². The second-order valence-electron chi connectivity index (χ2n) is 6.95. The van der Waals surface area contributed by atoms with E-state index in [1.54, 1.807) is 0 Å². The van der Waals surface area contributed by atoms with Crippen LogP contribution in [0.2, 0.25) is 0 Å². The Hall–Kier alpha value is -0.340. The second kappa shape index (κ2) is 4.35. The van der Waals surface area contributed by atoms with Gasteiger partial charge in [0, 0.05) is 17.5 Å². The van der Waals surface area contributed by atoms with Gasteiger partial charge in [0.1, 0.15) is 0 Å². The van der Waals surface area contributed by atoms with Crippen LogP contribution in [-0.2, 0) is 6.42 Å². The molecule has 2 aliphatic carbocycles. The van der Waals surface area contributed by atoms with Crippen LogP contribution in [0.3, 0.4) is 0 Å². The van der Waals surface area contributed by atoms with E-state index in [1.165, 1.54) is 30.6 Å². The maximum Gasteiger partial charge on any atom is 0.0129 e. The van der Waals surface area contributed by atoms with Gasteiger partial charge in [-0.3, -0.25) is 0 Å². The first-order valence-corrected chi connectivity index (χ1v) is 8.18. The SMILES string of the molecule is CC1(C)C2CCC1(C)C(NCCc1cccs1)C2. The van der Waals surface area contributed by atoms with Crippen LogP contribution in [0.25, 0.3) is 0 Å². The molecule has 1 N–H and O–H groups in total. The summed E-state index contributed by atoms with van der Waals surface area (Å²) in [4.78, 5) is 1.51. The number of hydrogen-bond acceptors (Lipinski definition) is 2. The fourth-order valence-corrected chi connectivity index (χ4v) is 5.05. The summed E-state index contributed by atoms with van der Waals surface area (Å²) in [5.41, 5.74) is 1.06. The standard InChI is InChI=1S/C16H25NS/c1-15(2)12-6-8-16(15,3)14(11-12)17-9-7-13-5-4-10-18-13/h4-5,10,12,14,17H,6-9,11H2,1-3H3. The van der Waals surface area contributed by atoms with Crippen molar-refractivity contribution in [2.75, 3.05) is 6.54 Å². The first kappa shape index (κ1) is 12.7. The summed E-state index contributed by atoms with van der Waals surface area (Å²) in [6.45, 7) is 8.64. The third-order valence-corrected chi connectivity index (χ3v) is 7.07. The lowest BCUT2D eigenvalue weighted by molar-refractivity contribution is 0.121. The Morgan fingerprint density at radius 1 is 1.39 bits per heavy atom. The molecule has 3 rings (SSSR count). The van der Waals surface area contributed by atoms with Crippen LogP contribution in [0.15, 0.2) is 17.5 Å². The van der Waals surface area contributed by atoms with Gasteiger partial charge in [0.25, 0.3) is 0 Å². The zero-order valence-electron chi connectivity index (χ0n) is 11.8. The zero-order valence-corrected chi connectivity index (χ0v) is 12.6. The summed E-state index contributed by atoms with van der Waals surface area (Å²) in [6, 6.07) is 5.15. The van der Waals surface area contributed by atoms with E-state index in [-0.39, 0.29) is 0 Å². The molecule has 100 valence electrons. The molecule has 3 unspecified atom stereocenters. The van der Waals surface area contributed by atoms with Crippen molar-refractivity contribution < 1.29 is 0 Å². The van der Waals surface area contributed by atoms with E-state index in [0.29, 0.717) is 10.8 Å². The normalized spacial score (nSPS) is 37.3. The Morgan fingerprint density at radius 3 is 2.78 bits per heavy atom. The predicted octanol–water partition coefficient (Wildman–Crippen LogP) is 4.10. The molecular formula is C16H25NS. The van der Waals surface area contributed by atoms with Crippen molar-refractivity contribution in [2.24, 2.45) is 16.7 Å². The number of nitrogens with one attached hydrogen (secondary N) is 1. The van der Waals surface area contributed by atoms with Gasteiger partial charge in [-0.25, -0.2) is 0 Å². The van der Waals surface area contributed by atoms with E-state index >= 15 is 0 Å². The molecule has 2 heteroatoms. The van der Waals surface area contributed by atoms with Crippen molar-refractivity contribution in [1.29, 1.82) is 0 Å². The third kappa shape index (κ3) is 1.77. The molecule has 2 bridgehead atoms. The van der Waals surface area contributed by atoms with Crippen LogP contribution >= 0.6 is 11.3 Å². The summed E-state index contributed by atoms with van der Waals surface area (Å²) < 4.78 is 0. The van der Waals surface area contributed by atoms with Gasteiger partial charge in [-0.2, -0.15) is 0 Å². The van der Waals surface area contributed by atoms with Gasteiger partial charge in [-0.05, 0) is 53.9 Å². The highest BCUT2D eigenvalue weighted by Gasteiger charge is 2.60. The fraction of sp³-hybridized carbons (Fsp3) is 0.750. The van der Waals surface area contributed by atoms with Gasteiger partial charge in [0.15, 0.2) is 0 Å². The predicted molar refractivity (Wildman–Crippen MR) is 79.0 cm³/mol.